The van der Waals surface area contributed by atoms with E-state index in [9.17, 15) is 14.4 Å². The van der Waals surface area contributed by atoms with Crippen LogP contribution in [0.25, 0.3) is 6.08 Å². The Hall–Kier alpha value is -3.71. The van der Waals surface area contributed by atoms with Gasteiger partial charge in [-0.05, 0) is 70.9 Å². The van der Waals surface area contributed by atoms with Crippen LogP contribution in [0.4, 0.5) is 5.69 Å². The van der Waals surface area contributed by atoms with E-state index in [1.54, 1.807) is 61.5 Å². The molecule has 32 heavy (non-hydrogen) atoms. The van der Waals surface area contributed by atoms with Crippen molar-refractivity contribution in [1.29, 1.82) is 0 Å². The molecule has 0 heterocycles. The molecular formula is C25H21BrN2O4. The monoisotopic (exact) mass is 492 g/mol. The molecule has 3 rings (SSSR count). The van der Waals surface area contributed by atoms with E-state index >= 15 is 0 Å². The summed E-state index contributed by atoms with van der Waals surface area (Å²) in [4.78, 5) is 37.6. The Morgan fingerprint density at radius 3 is 2.22 bits per heavy atom. The van der Waals surface area contributed by atoms with E-state index in [1.807, 2.05) is 30.3 Å². The summed E-state index contributed by atoms with van der Waals surface area (Å²) in [6.07, 6.45) is 1.59. The Morgan fingerprint density at radius 1 is 0.906 bits per heavy atom. The van der Waals surface area contributed by atoms with Crippen LogP contribution in [-0.4, -0.2) is 24.4 Å². The molecule has 0 radical (unpaired) electrons. The fourth-order valence-electron chi connectivity index (χ4n) is 2.81. The molecule has 0 unspecified atom stereocenters. The molecule has 0 atom stereocenters. The van der Waals surface area contributed by atoms with Crippen LogP contribution in [0.3, 0.4) is 0 Å². The van der Waals surface area contributed by atoms with Crippen molar-refractivity contribution in [3.63, 3.8) is 0 Å². The predicted octanol–water partition coefficient (Wildman–Crippen LogP) is 5.04. The first-order chi connectivity index (χ1) is 15.5. The van der Waals surface area contributed by atoms with Crippen molar-refractivity contribution in [3.05, 3.63) is 106 Å². The third kappa shape index (κ3) is 6.15. The lowest BCUT2D eigenvalue weighted by atomic mass is 10.1. The highest BCUT2D eigenvalue weighted by Crippen LogP contribution is 2.17. The number of nitrogens with one attached hydrogen (secondary N) is 2. The molecule has 0 aliphatic carbocycles. The Balaban J connectivity index is 1.82. The first kappa shape index (κ1) is 23.0. The number of halogens is 1. The molecule has 2 amide bonds. The SMILES string of the molecule is CCOC(=O)c1ccc(NC(=O)/C(=C\c2ccccc2)NC(=O)c2ccccc2Br)cc1. The van der Waals surface area contributed by atoms with Crippen LogP contribution in [0.2, 0.25) is 0 Å². The van der Waals surface area contributed by atoms with E-state index in [2.05, 4.69) is 26.6 Å². The average molecular weight is 493 g/mol. The number of hydrogen-bond acceptors (Lipinski definition) is 4. The fourth-order valence-corrected chi connectivity index (χ4v) is 3.28. The lowest BCUT2D eigenvalue weighted by Crippen LogP contribution is -2.31. The van der Waals surface area contributed by atoms with E-state index in [1.165, 1.54) is 0 Å². The summed E-state index contributed by atoms with van der Waals surface area (Å²) in [6, 6.07) is 22.5. The summed E-state index contributed by atoms with van der Waals surface area (Å²) in [5.74, 6) is -1.36. The van der Waals surface area contributed by atoms with Gasteiger partial charge in [0.2, 0.25) is 0 Å². The number of amides is 2. The van der Waals surface area contributed by atoms with Crippen molar-refractivity contribution in [2.24, 2.45) is 0 Å². The van der Waals surface area contributed by atoms with Crippen molar-refractivity contribution in [3.8, 4) is 0 Å². The minimum atomic E-state index is -0.502. The Kier molecular flexibility index (Phi) is 7.94. The van der Waals surface area contributed by atoms with Gasteiger partial charge in [-0.2, -0.15) is 0 Å². The molecule has 7 heteroatoms. The van der Waals surface area contributed by atoms with Crippen LogP contribution in [0, 0.1) is 0 Å². The lowest BCUT2D eigenvalue weighted by Gasteiger charge is -2.12. The molecule has 0 aliphatic heterocycles. The van der Waals surface area contributed by atoms with Gasteiger partial charge in [-0.25, -0.2) is 4.79 Å². The molecule has 162 valence electrons. The molecule has 0 saturated carbocycles. The maximum Gasteiger partial charge on any atom is 0.338 e. The summed E-state index contributed by atoms with van der Waals surface area (Å²) >= 11 is 3.36. The van der Waals surface area contributed by atoms with Crippen molar-refractivity contribution >= 4 is 45.5 Å². The van der Waals surface area contributed by atoms with Crippen molar-refractivity contribution in [2.45, 2.75) is 6.92 Å². The van der Waals surface area contributed by atoms with Gasteiger partial charge in [0.05, 0.1) is 17.7 Å². The van der Waals surface area contributed by atoms with Gasteiger partial charge < -0.3 is 15.4 Å². The van der Waals surface area contributed by atoms with Crippen LogP contribution in [0.15, 0.2) is 89.0 Å². The highest BCUT2D eigenvalue weighted by atomic mass is 79.9. The smallest absolute Gasteiger partial charge is 0.338 e. The second-order valence-corrected chi connectivity index (χ2v) is 7.51. The maximum absolute atomic E-state index is 13.0. The van der Waals surface area contributed by atoms with Crippen LogP contribution in [0.5, 0.6) is 0 Å². The molecular weight excluding hydrogens is 472 g/mol. The number of esters is 1. The van der Waals surface area contributed by atoms with E-state index in [-0.39, 0.29) is 12.3 Å². The summed E-state index contributed by atoms with van der Waals surface area (Å²) in [7, 11) is 0. The highest BCUT2D eigenvalue weighted by Gasteiger charge is 2.17. The first-order valence-corrected chi connectivity index (χ1v) is 10.7. The molecule has 6 nitrogen and oxygen atoms in total. The molecule has 0 bridgehead atoms. The average Bonchev–Trinajstić information content (AvgIpc) is 2.80. The molecule has 0 spiro atoms. The zero-order valence-corrected chi connectivity index (χ0v) is 18.9. The number of carbonyl (C=O) groups excluding carboxylic acids is 3. The van der Waals surface area contributed by atoms with Gasteiger partial charge in [0.1, 0.15) is 5.70 Å². The summed E-state index contributed by atoms with van der Waals surface area (Å²) in [5, 5.41) is 5.44. The number of carbonyl (C=O) groups is 3. The minimum absolute atomic E-state index is 0.0754. The predicted molar refractivity (Wildman–Crippen MR) is 127 cm³/mol. The maximum atomic E-state index is 13.0. The van der Waals surface area contributed by atoms with Gasteiger partial charge in [0, 0.05) is 10.2 Å². The zero-order chi connectivity index (χ0) is 22.9. The van der Waals surface area contributed by atoms with Gasteiger partial charge in [-0.3, -0.25) is 9.59 Å². The lowest BCUT2D eigenvalue weighted by molar-refractivity contribution is -0.113. The number of ether oxygens (including phenoxy) is 1. The Bertz CT molecular complexity index is 1140. The number of anilines is 1. The van der Waals surface area contributed by atoms with E-state index in [0.29, 0.717) is 21.3 Å². The largest absolute Gasteiger partial charge is 0.462 e. The van der Waals surface area contributed by atoms with Gasteiger partial charge in [0.25, 0.3) is 11.8 Å². The van der Waals surface area contributed by atoms with Crippen LogP contribution < -0.4 is 10.6 Å². The number of hydrogen-bond donors (Lipinski definition) is 2. The zero-order valence-electron chi connectivity index (χ0n) is 17.3. The molecule has 0 saturated heterocycles. The quantitative estimate of drug-likeness (QED) is 0.357. The number of rotatable bonds is 7. The third-order valence-corrected chi connectivity index (χ3v) is 5.07. The first-order valence-electron chi connectivity index (χ1n) is 9.89. The molecule has 2 N–H and O–H groups in total. The van der Waals surface area contributed by atoms with Gasteiger partial charge >= 0.3 is 5.97 Å². The minimum Gasteiger partial charge on any atom is -0.462 e. The molecule has 0 aliphatic rings. The van der Waals surface area contributed by atoms with Crippen LogP contribution in [-0.2, 0) is 9.53 Å². The topological polar surface area (TPSA) is 84.5 Å². The Morgan fingerprint density at radius 2 is 1.56 bits per heavy atom. The van der Waals surface area contributed by atoms with Crippen LogP contribution in [0.1, 0.15) is 33.2 Å². The van der Waals surface area contributed by atoms with Gasteiger partial charge in [-0.1, -0.05) is 42.5 Å². The summed E-state index contributed by atoms with van der Waals surface area (Å²) in [6.45, 7) is 2.01. The molecule has 3 aromatic carbocycles. The molecule has 3 aromatic rings. The standard InChI is InChI=1S/C25H21BrN2O4/c1-2-32-25(31)18-12-14-19(15-13-18)27-24(30)22(16-17-8-4-3-5-9-17)28-23(29)20-10-6-7-11-21(20)26/h3-16H,2H2,1H3,(H,27,30)(H,28,29)/b22-16+. The van der Waals surface area contributed by atoms with E-state index in [4.69, 9.17) is 4.74 Å². The second kappa shape index (κ2) is 11.1. The molecule has 0 fully saturated rings. The number of benzene rings is 3. The highest BCUT2D eigenvalue weighted by molar-refractivity contribution is 9.10. The van der Waals surface area contributed by atoms with E-state index in [0.717, 1.165) is 5.56 Å². The van der Waals surface area contributed by atoms with Gasteiger partial charge in [-0.15, -0.1) is 0 Å². The van der Waals surface area contributed by atoms with Gasteiger partial charge in [0.15, 0.2) is 0 Å². The summed E-state index contributed by atoms with van der Waals surface area (Å²) < 4.78 is 5.58. The normalized spacial score (nSPS) is 10.9. The van der Waals surface area contributed by atoms with E-state index < -0.39 is 17.8 Å². The summed E-state index contributed by atoms with van der Waals surface area (Å²) in [5.41, 5.74) is 2.08. The fraction of sp³-hybridized carbons (Fsp3) is 0.0800. The van der Waals surface area contributed by atoms with Crippen molar-refractivity contribution in [2.75, 3.05) is 11.9 Å². The van der Waals surface area contributed by atoms with Crippen molar-refractivity contribution < 1.29 is 19.1 Å². The van der Waals surface area contributed by atoms with Crippen LogP contribution >= 0.6 is 15.9 Å². The van der Waals surface area contributed by atoms with Crippen molar-refractivity contribution in [1.82, 2.24) is 5.32 Å². The second-order valence-electron chi connectivity index (χ2n) is 6.65. The Labute approximate surface area is 194 Å². The third-order valence-electron chi connectivity index (χ3n) is 4.38. The molecule has 0 aromatic heterocycles.